The second-order valence-electron chi connectivity index (χ2n) is 3.56. The first-order chi connectivity index (χ1) is 7.68. The van der Waals surface area contributed by atoms with Crippen molar-refractivity contribution < 1.29 is 9.90 Å². The van der Waals surface area contributed by atoms with E-state index in [9.17, 15) is 9.90 Å². The Morgan fingerprint density at radius 2 is 2.31 bits per heavy atom. The summed E-state index contributed by atoms with van der Waals surface area (Å²) in [4.78, 5) is 15.4. The van der Waals surface area contributed by atoms with Crippen molar-refractivity contribution in [2.45, 2.75) is 12.8 Å². The van der Waals surface area contributed by atoms with Gasteiger partial charge in [-0.1, -0.05) is 29.8 Å². The van der Waals surface area contributed by atoms with Gasteiger partial charge < -0.3 is 5.11 Å². The van der Waals surface area contributed by atoms with Gasteiger partial charge >= 0.3 is 5.97 Å². The van der Waals surface area contributed by atoms with Crippen molar-refractivity contribution in [1.29, 1.82) is 0 Å². The van der Waals surface area contributed by atoms with Gasteiger partial charge in [0.25, 0.3) is 0 Å². The Morgan fingerprint density at radius 3 is 2.88 bits per heavy atom. The van der Waals surface area contributed by atoms with Gasteiger partial charge in [0.1, 0.15) is 10.9 Å². The molecule has 0 aliphatic rings. The second kappa shape index (κ2) is 4.45. The zero-order valence-corrected chi connectivity index (χ0v) is 9.57. The minimum Gasteiger partial charge on any atom is -0.480 e. The Labute approximate surface area is 97.4 Å². The van der Waals surface area contributed by atoms with Crippen molar-refractivity contribution in [3.63, 3.8) is 0 Å². The van der Waals surface area contributed by atoms with Crippen molar-refractivity contribution in [2.75, 3.05) is 0 Å². The highest BCUT2D eigenvalue weighted by atomic mass is 32.1. The van der Waals surface area contributed by atoms with E-state index in [2.05, 4.69) is 4.98 Å². The third-order valence-electron chi connectivity index (χ3n) is 2.32. The summed E-state index contributed by atoms with van der Waals surface area (Å²) in [5, 5.41) is 11.7. The predicted octanol–water partition coefficient (Wildman–Crippen LogP) is 2.67. The Hall–Kier alpha value is -1.68. The monoisotopic (exact) mass is 233 g/mol. The number of aliphatic carboxylic acids is 1. The molecule has 4 heteroatoms. The topological polar surface area (TPSA) is 50.2 Å². The lowest BCUT2D eigenvalue weighted by atomic mass is 9.98. The van der Waals surface area contributed by atoms with Gasteiger partial charge in [-0.25, -0.2) is 4.98 Å². The third kappa shape index (κ3) is 2.12. The quantitative estimate of drug-likeness (QED) is 0.886. The summed E-state index contributed by atoms with van der Waals surface area (Å²) in [5.41, 5.74) is 1.84. The molecular formula is C12H11NO2S. The smallest absolute Gasteiger partial charge is 0.317 e. The number of hydrogen-bond donors (Lipinski definition) is 1. The highest BCUT2D eigenvalue weighted by molar-refractivity contribution is 7.09. The Balaban J connectivity index is 2.45. The molecule has 2 rings (SSSR count). The van der Waals surface area contributed by atoms with Crippen LogP contribution in [0.2, 0.25) is 0 Å². The van der Waals surface area contributed by atoms with Crippen molar-refractivity contribution in [2.24, 2.45) is 0 Å². The number of aromatic nitrogens is 1. The largest absolute Gasteiger partial charge is 0.480 e. The van der Waals surface area contributed by atoms with Crippen LogP contribution in [0.1, 0.15) is 22.1 Å². The molecule has 1 atom stereocenters. The molecule has 0 fully saturated rings. The van der Waals surface area contributed by atoms with E-state index in [-0.39, 0.29) is 0 Å². The Bertz CT molecular complexity index is 493. The molecular weight excluding hydrogens is 222 g/mol. The lowest BCUT2D eigenvalue weighted by Crippen LogP contribution is -2.12. The molecule has 0 aliphatic carbocycles. The lowest BCUT2D eigenvalue weighted by molar-refractivity contribution is -0.137. The molecule has 0 radical (unpaired) electrons. The fourth-order valence-corrected chi connectivity index (χ4v) is 2.37. The first-order valence-corrected chi connectivity index (χ1v) is 5.75. The van der Waals surface area contributed by atoms with Gasteiger partial charge in [0.2, 0.25) is 0 Å². The summed E-state index contributed by atoms with van der Waals surface area (Å²) >= 11 is 1.37. The summed E-state index contributed by atoms with van der Waals surface area (Å²) in [7, 11) is 0. The van der Waals surface area contributed by atoms with E-state index in [1.54, 1.807) is 11.6 Å². The zero-order chi connectivity index (χ0) is 11.5. The minimum atomic E-state index is -0.861. The van der Waals surface area contributed by atoms with Gasteiger partial charge in [-0.3, -0.25) is 4.79 Å². The highest BCUT2D eigenvalue weighted by Gasteiger charge is 2.24. The first kappa shape index (κ1) is 10.8. The van der Waals surface area contributed by atoms with Crippen molar-refractivity contribution in [3.8, 4) is 0 Å². The van der Waals surface area contributed by atoms with E-state index in [0.29, 0.717) is 5.01 Å². The van der Waals surface area contributed by atoms with E-state index in [1.807, 2.05) is 31.2 Å². The number of nitrogens with zero attached hydrogens (tertiary/aromatic N) is 1. The fourth-order valence-electron chi connectivity index (χ4n) is 1.62. The Kier molecular flexibility index (Phi) is 3.01. The summed E-state index contributed by atoms with van der Waals surface area (Å²) in [6.45, 7) is 1.95. The standard InChI is InChI=1S/C12H11NO2S/c1-8-3-2-4-9(7-8)10(12(14)15)11-13-5-6-16-11/h2-7,10H,1H3,(H,14,15). The van der Waals surface area contributed by atoms with Gasteiger partial charge in [-0.2, -0.15) is 0 Å². The Morgan fingerprint density at radius 1 is 1.50 bits per heavy atom. The number of hydrogen-bond acceptors (Lipinski definition) is 3. The molecule has 2 aromatic rings. The third-order valence-corrected chi connectivity index (χ3v) is 3.16. The summed E-state index contributed by atoms with van der Waals surface area (Å²) in [6.07, 6.45) is 1.63. The second-order valence-corrected chi connectivity index (χ2v) is 4.48. The summed E-state index contributed by atoms with van der Waals surface area (Å²) in [5.74, 6) is -1.51. The van der Waals surface area contributed by atoms with Crippen molar-refractivity contribution in [3.05, 3.63) is 52.0 Å². The van der Waals surface area contributed by atoms with Gasteiger partial charge in [-0.05, 0) is 12.5 Å². The average Bonchev–Trinajstić information content (AvgIpc) is 2.71. The maximum Gasteiger partial charge on any atom is 0.317 e. The molecule has 1 unspecified atom stereocenters. The van der Waals surface area contributed by atoms with Gasteiger partial charge in [0.15, 0.2) is 0 Å². The highest BCUT2D eigenvalue weighted by Crippen LogP contribution is 2.26. The maximum atomic E-state index is 11.3. The zero-order valence-electron chi connectivity index (χ0n) is 8.75. The van der Waals surface area contributed by atoms with Crippen LogP contribution in [0.25, 0.3) is 0 Å². The van der Waals surface area contributed by atoms with Crippen LogP contribution in [0.4, 0.5) is 0 Å². The van der Waals surface area contributed by atoms with E-state index >= 15 is 0 Å². The molecule has 0 spiro atoms. The molecule has 3 nitrogen and oxygen atoms in total. The molecule has 0 saturated carbocycles. The van der Waals surface area contributed by atoms with Crippen LogP contribution < -0.4 is 0 Å². The van der Waals surface area contributed by atoms with Crippen LogP contribution in [0.15, 0.2) is 35.8 Å². The van der Waals surface area contributed by atoms with Crippen LogP contribution in [0, 0.1) is 6.92 Å². The van der Waals surface area contributed by atoms with Crippen LogP contribution >= 0.6 is 11.3 Å². The molecule has 0 amide bonds. The average molecular weight is 233 g/mol. The first-order valence-electron chi connectivity index (χ1n) is 4.87. The van der Waals surface area contributed by atoms with E-state index in [1.165, 1.54) is 11.3 Å². The molecule has 0 aliphatic heterocycles. The number of benzene rings is 1. The number of carboxylic acids is 1. The molecule has 1 N–H and O–H groups in total. The van der Waals surface area contributed by atoms with E-state index in [4.69, 9.17) is 0 Å². The summed E-state index contributed by atoms with van der Waals surface area (Å²) in [6, 6.07) is 7.53. The number of aryl methyl sites for hydroxylation is 1. The van der Waals surface area contributed by atoms with Gasteiger partial charge in [-0.15, -0.1) is 11.3 Å². The SMILES string of the molecule is Cc1cccc(C(C(=O)O)c2nccs2)c1. The van der Waals surface area contributed by atoms with E-state index in [0.717, 1.165) is 11.1 Å². The lowest BCUT2D eigenvalue weighted by Gasteiger charge is -2.10. The van der Waals surface area contributed by atoms with Crippen LogP contribution in [0.3, 0.4) is 0 Å². The maximum absolute atomic E-state index is 11.3. The molecule has 1 aromatic carbocycles. The number of rotatable bonds is 3. The van der Waals surface area contributed by atoms with Crippen molar-refractivity contribution >= 4 is 17.3 Å². The van der Waals surface area contributed by atoms with Crippen LogP contribution in [0.5, 0.6) is 0 Å². The van der Waals surface area contributed by atoms with E-state index < -0.39 is 11.9 Å². The number of carbonyl (C=O) groups is 1. The van der Waals surface area contributed by atoms with Crippen LogP contribution in [-0.4, -0.2) is 16.1 Å². The molecule has 0 bridgehead atoms. The molecule has 16 heavy (non-hydrogen) atoms. The van der Waals surface area contributed by atoms with Gasteiger partial charge in [0.05, 0.1) is 0 Å². The molecule has 0 saturated heterocycles. The van der Waals surface area contributed by atoms with Crippen LogP contribution in [-0.2, 0) is 4.79 Å². The normalized spacial score (nSPS) is 12.3. The predicted molar refractivity (Wildman–Crippen MR) is 62.8 cm³/mol. The molecule has 1 heterocycles. The van der Waals surface area contributed by atoms with Gasteiger partial charge in [0, 0.05) is 11.6 Å². The molecule has 1 aromatic heterocycles. The number of thiazole rings is 1. The fraction of sp³-hybridized carbons (Fsp3) is 0.167. The minimum absolute atomic E-state index is 0.623. The number of carboxylic acid groups (broad SMARTS) is 1. The molecule has 82 valence electrons. The summed E-state index contributed by atoms with van der Waals surface area (Å²) < 4.78 is 0. The van der Waals surface area contributed by atoms with Crippen molar-refractivity contribution in [1.82, 2.24) is 4.98 Å².